The molecule has 0 spiro atoms. The summed E-state index contributed by atoms with van der Waals surface area (Å²) < 4.78 is 26.5. The Morgan fingerprint density at radius 2 is 2.18 bits per heavy atom. The van der Waals surface area contributed by atoms with Crippen molar-refractivity contribution in [2.24, 2.45) is 0 Å². The lowest BCUT2D eigenvalue weighted by Gasteiger charge is -2.13. The van der Waals surface area contributed by atoms with Crippen LogP contribution in [0.4, 0.5) is 0 Å². The maximum absolute atomic E-state index is 12.0. The number of hydrogen-bond acceptors (Lipinski definition) is 3. The zero-order valence-corrected chi connectivity index (χ0v) is 11.1. The maximum atomic E-state index is 12.0. The molecule has 1 atom stereocenters. The van der Waals surface area contributed by atoms with E-state index in [2.05, 4.69) is 4.72 Å². The fraction of sp³-hybridized carbons (Fsp3) is 0.364. The van der Waals surface area contributed by atoms with Crippen molar-refractivity contribution in [2.45, 2.75) is 31.2 Å². The molecule has 0 radical (unpaired) electrons. The molecule has 17 heavy (non-hydrogen) atoms. The zero-order valence-electron chi connectivity index (χ0n) is 9.57. The second kappa shape index (κ2) is 5.50. The summed E-state index contributed by atoms with van der Waals surface area (Å²) in [6.07, 6.45) is 0.675. The lowest BCUT2D eigenvalue weighted by Crippen LogP contribution is -2.32. The Morgan fingerprint density at radius 3 is 2.71 bits per heavy atom. The van der Waals surface area contributed by atoms with E-state index in [1.165, 1.54) is 18.2 Å². The molecule has 0 bridgehead atoms. The molecule has 0 saturated carbocycles. The van der Waals surface area contributed by atoms with Crippen LogP contribution in [-0.2, 0) is 10.0 Å². The van der Waals surface area contributed by atoms with Crippen LogP contribution in [0.5, 0.6) is 0 Å². The van der Waals surface area contributed by atoms with Crippen LogP contribution in [0.3, 0.4) is 0 Å². The van der Waals surface area contributed by atoms with E-state index in [4.69, 9.17) is 16.9 Å². The first-order chi connectivity index (χ1) is 7.90. The van der Waals surface area contributed by atoms with Crippen molar-refractivity contribution in [1.29, 1.82) is 5.26 Å². The molecule has 1 N–H and O–H groups in total. The van der Waals surface area contributed by atoms with E-state index < -0.39 is 10.0 Å². The fourth-order valence-corrected chi connectivity index (χ4v) is 3.04. The van der Waals surface area contributed by atoms with Crippen molar-refractivity contribution in [3.8, 4) is 6.07 Å². The van der Waals surface area contributed by atoms with Gasteiger partial charge >= 0.3 is 0 Å². The molecule has 0 saturated heterocycles. The van der Waals surface area contributed by atoms with Crippen LogP contribution in [0.15, 0.2) is 23.1 Å². The average Bonchev–Trinajstić information content (AvgIpc) is 2.28. The summed E-state index contributed by atoms with van der Waals surface area (Å²) >= 11 is 5.84. The van der Waals surface area contributed by atoms with Gasteiger partial charge in [0.05, 0.1) is 16.7 Å². The molecule has 92 valence electrons. The number of nitrogens with one attached hydrogen (secondary N) is 1. The van der Waals surface area contributed by atoms with Gasteiger partial charge in [0.15, 0.2) is 0 Å². The van der Waals surface area contributed by atoms with Crippen LogP contribution in [0.2, 0.25) is 5.02 Å². The first kappa shape index (κ1) is 14.0. The number of hydrogen-bond donors (Lipinski definition) is 1. The number of nitrogens with zero attached hydrogens (tertiary/aromatic N) is 1. The van der Waals surface area contributed by atoms with Crippen molar-refractivity contribution in [3.05, 3.63) is 28.8 Å². The van der Waals surface area contributed by atoms with Crippen molar-refractivity contribution >= 4 is 21.6 Å². The molecule has 1 rings (SSSR count). The largest absolute Gasteiger partial charge is 0.242 e. The van der Waals surface area contributed by atoms with E-state index in [0.717, 1.165) is 0 Å². The van der Waals surface area contributed by atoms with E-state index in [0.29, 0.717) is 6.42 Å². The summed E-state index contributed by atoms with van der Waals surface area (Å²) in [4.78, 5) is -0.0569. The number of sulfonamides is 1. The summed E-state index contributed by atoms with van der Waals surface area (Å²) in [5, 5.41) is 8.85. The van der Waals surface area contributed by atoms with Crippen LogP contribution in [-0.4, -0.2) is 14.5 Å². The van der Waals surface area contributed by atoms with Gasteiger partial charge in [-0.3, -0.25) is 0 Å². The summed E-state index contributed by atoms with van der Waals surface area (Å²) in [7, 11) is -3.67. The molecule has 1 aromatic carbocycles. The average molecular weight is 273 g/mol. The van der Waals surface area contributed by atoms with Gasteiger partial charge in [0.1, 0.15) is 4.90 Å². The smallest absolute Gasteiger partial charge is 0.208 e. The highest BCUT2D eigenvalue weighted by Crippen LogP contribution is 2.22. The van der Waals surface area contributed by atoms with Crippen LogP contribution < -0.4 is 4.72 Å². The van der Waals surface area contributed by atoms with Gasteiger partial charge in [0, 0.05) is 6.04 Å². The van der Waals surface area contributed by atoms with Gasteiger partial charge < -0.3 is 0 Å². The molecule has 1 unspecified atom stereocenters. The second-order valence-electron chi connectivity index (χ2n) is 3.69. The molecular formula is C11H13ClN2O2S. The van der Waals surface area contributed by atoms with Gasteiger partial charge in [-0.15, -0.1) is 0 Å². The predicted molar refractivity (Wildman–Crippen MR) is 66.2 cm³/mol. The molecule has 4 nitrogen and oxygen atoms in total. The molecular weight excluding hydrogens is 260 g/mol. The first-order valence-corrected chi connectivity index (χ1v) is 6.98. The molecule has 6 heteroatoms. The number of rotatable bonds is 4. The minimum absolute atomic E-state index is 0.0569. The normalized spacial score (nSPS) is 13.1. The van der Waals surface area contributed by atoms with E-state index in [9.17, 15) is 8.42 Å². The van der Waals surface area contributed by atoms with Crippen molar-refractivity contribution in [1.82, 2.24) is 4.72 Å². The Labute approximate surface area is 106 Å². The van der Waals surface area contributed by atoms with Gasteiger partial charge in [0.2, 0.25) is 10.0 Å². The lowest BCUT2D eigenvalue weighted by atomic mass is 10.2. The number of nitriles is 1. The predicted octanol–water partition coefficient (Wildman–Crippen LogP) is 2.29. The third kappa shape index (κ3) is 3.43. The van der Waals surface area contributed by atoms with Crippen LogP contribution in [0, 0.1) is 11.3 Å². The third-order valence-corrected chi connectivity index (χ3v) is 4.39. The van der Waals surface area contributed by atoms with E-state index in [-0.39, 0.29) is 21.5 Å². The fourth-order valence-electron chi connectivity index (χ4n) is 1.19. The Morgan fingerprint density at radius 1 is 1.53 bits per heavy atom. The maximum Gasteiger partial charge on any atom is 0.242 e. The monoisotopic (exact) mass is 272 g/mol. The molecule has 0 amide bonds. The number of benzene rings is 1. The van der Waals surface area contributed by atoms with Crippen LogP contribution in [0.1, 0.15) is 25.8 Å². The molecule has 0 aliphatic carbocycles. The van der Waals surface area contributed by atoms with Crippen molar-refractivity contribution in [3.63, 3.8) is 0 Å². The third-order valence-electron chi connectivity index (χ3n) is 2.32. The summed E-state index contributed by atoms with van der Waals surface area (Å²) in [5.74, 6) is 0. The van der Waals surface area contributed by atoms with Gasteiger partial charge in [0.25, 0.3) is 0 Å². The molecule has 0 aromatic heterocycles. The quantitative estimate of drug-likeness (QED) is 0.914. The summed E-state index contributed by atoms with van der Waals surface area (Å²) in [6, 6.07) is 5.86. The van der Waals surface area contributed by atoms with Gasteiger partial charge in [-0.05, 0) is 31.5 Å². The summed E-state index contributed by atoms with van der Waals surface area (Å²) in [6.45, 7) is 3.64. The Hall–Kier alpha value is -1.09. The molecule has 0 aliphatic rings. The highest BCUT2D eigenvalue weighted by Gasteiger charge is 2.20. The van der Waals surface area contributed by atoms with Crippen molar-refractivity contribution in [2.75, 3.05) is 0 Å². The Bertz CT molecular complexity index is 549. The van der Waals surface area contributed by atoms with E-state index in [1.807, 2.05) is 13.0 Å². The van der Waals surface area contributed by atoms with Crippen LogP contribution >= 0.6 is 11.6 Å². The molecule has 0 aliphatic heterocycles. The van der Waals surface area contributed by atoms with Gasteiger partial charge in [-0.1, -0.05) is 18.5 Å². The minimum atomic E-state index is -3.67. The Balaban J connectivity index is 3.19. The minimum Gasteiger partial charge on any atom is -0.208 e. The SMILES string of the molecule is CCC(C)NS(=O)(=O)c1cc(C#N)ccc1Cl. The Kier molecular flexibility index (Phi) is 4.52. The van der Waals surface area contributed by atoms with Crippen LogP contribution in [0.25, 0.3) is 0 Å². The summed E-state index contributed by atoms with van der Waals surface area (Å²) in [5.41, 5.74) is 0.263. The topological polar surface area (TPSA) is 70.0 Å². The standard InChI is InChI=1S/C11H13ClN2O2S/c1-3-8(2)14-17(15,16)11-6-9(7-13)4-5-10(11)12/h4-6,8,14H,3H2,1-2H3. The molecule has 0 fully saturated rings. The van der Waals surface area contributed by atoms with E-state index in [1.54, 1.807) is 6.92 Å². The van der Waals surface area contributed by atoms with Gasteiger partial charge in [-0.25, -0.2) is 13.1 Å². The zero-order chi connectivity index (χ0) is 13.1. The van der Waals surface area contributed by atoms with Crippen molar-refractivity contribution < 1.29 is 8.42 Å². The molecule has 1 aromatic rings. The molecule has 0 heterocycles. The first-order valence-electron chi connectivity index (χ1n) is 5.12. The highest BCUT2D eigenvalue weighted by molar-refractivity contribution is 7.89. The highest BCUT2D eigenvalue weighted by atomic mass is 35.5. The lowest BCUT2D eigenvalue weighted by molar-refractivity contribution is 0.556. The van der Waals surface area contributed by atoms with E-state index >= 15 is 0 Å². The van der Waals surface area contributed by atoms with Gasteiger partial charge in [-0.2, -0.15) is 5.26 Å². The second-order valence-corrected chi connectivity index (χ2v) is 5.78. The number of halogens is 1.